The van der Waals surface area contributed by atoms with E-state index in [9.17, 15) is 9.59 Å². The summed E-state index contributed by atoms with van der Waals surface area (Å²) >= 11 is 1.39. The van der Waals surface area contributed by atoms with Gasteiger partial charge in [0.1, 0.15) is 4.88 Å². The maximum Gasteiger partial charge on any atom is 0.337 e. The SMILES string of the molecule is CNc1ccsc1C(=O)N[C@@H](C)c1ccc(C(=O)OC)cc1. The fourth-order valence-electron chi connectivity index (χ4n) is 2.05. The Bertz CT molecular complexity index is 664. The Kier molecular flexibility index (Phi) is 5.16. The third-order valence-corrected chi connectivity index (χ3v) is 4.23. The third-order valence-electron chi connectivity index (χ3n) is 3.32. The lowest BCUT2D eigenvalue weighted by molar-refractivity contribution is 0.0600. The number of carbonyl (C=O) groups is 2. The van der Waals surface area contributed by atoms with Gasteiger partial charge in [0.05, 0.1) is 24.4 Å². The first-order valence-electron chi connectivity index (χ1n) is 6.81. The van der Waals surface area contributed by atoms with E-state index in [0.29, 0.717) is 10.4 Å². The fourth-order valence-corrected chi connectivity index (χ4v) is 2.86. The number of anilines is 1. The molecule has 0 aliphatic heterocycles. The molecule has 0 fully saturated rings. The summed E-state index contributed by atoms with van der Waals surface area (Å²) in [5, 5.41) is 7.82. The number of thiophene rings is 1. The lowest BCUT2D eigenvalue weighted by atomic mass is 10.1. The summed E-state index contributed by atoms with van der Waals surface area (Å²) in [6.07, 6.45) is 0. The predicted molar refractivity (Wildman–Crippen MR) is 87.5 cm³/mol. The van der Waals surface area contributed by atoms with E-state index in [4.69, 9.17) is 0 Å². The normalized spacial score (nSPS) is 11.6. The lowest BCUT2D eigenvalue weighted by Crippen LogP contribution is -2.26. The highest BCUT2D eigenvalue weighted by molar-refractivity contribution is 7.12. The number of nitrogens with one attached hydrogen (secondary N) is 2. The van der Waals surface area contributed by atoms with Gasteiger partial charge in [0.25, 0.3) is 5.91 Å². The van der Waals surface area contributed by atoms with Crippen LogP contribution in [-0.2, 0) is 4.74 Å². The molecule has 2 rings (SSSR count). The quantitative estimate of drug-likeness (QED) is 0.832. The van der Waals surface area contributed by atoms with Crippen LogP contribution in [-0.4, -0.2) is 26.0 Å². The molecule has 0 aliphatic rings. The molecule has 1 aromatic carbocycles. The molecule has 6 heteroatoms. The molecule has 0 saturated heterocycles. The zero-order valence-electron chi connectivity index (χ0n) is 12.7. The molecule has 5 nitrogen and oxygen atoms in total. The number of benzene rings is 1. The van der Waals surface area contributed by atoms with Crippen molar-refractivity contribution in [2.45, 2.75) is 13.0 Å². The van der Waals surface area contributed by atoms with Crippen molar-refractivity contribution in [3.8, 4) is 0 Å². The number of hydrogen-bond donors (Lipinski definition) is 2. The Morgan fingerprint density at radius 3 is 2.45 bits per heavy atom. The van der Waals surface area contributed by atoms with Gasteiger partial charge in [0, 0.05) is 7.05 Å². The van der Waals surface area contributed by atoms with Crippen LogP contribution in [0.25, 0.3) is 0 Å². The molecule has 116 valence electrons. The molecule has 0 radical (unpaired) electrons. The van der Waals surface area contributed by atoms with E-state index in [-0.39, 0.29) is 17.9 Å². The van der Waals surface area contributed by atoms with E-state index in [2.05, 4.69) is 15.4 Å². The van der Waals surface area contributed by atoms with Crippen molar-refractivity contribution >= 4 is 28.9 Å². The van der Waals surface area contributed by atoms with Crippen molar-refractivity contribution in [1.29, 1.82) is 0 Å². The van der Waals surface area contributed by atoms with Gasteiger partial charge in [-0.05, 0) is 36.1 Å². The van der Waals surface area contributed by atoms with Gasteiger partial charge in [-0.25, -0.2) is 4.79 Å². The van der Waals surface area contributed by atoms with Gasteiger partial charge in [0.15, 0.2) is 0 Å². The first-order valence-corrected chi connectivity index (χ1v) is 7.69. The van der Waals surface area contributed by atoms with E-state index >= 15 is 0 Å². The Labute approximate surface area is 133 Å². The molecule has 0 spiro atoms. The molecule has 1 aromatic heterocycles. The average molecular weight is 318 g/mol. The summed E-state index contributed by atoms with van der Waals surface area (Å²) < 4.78 is 4.66. The number of rotatable bonds is 5. The molecular formula is C16H18N2O3S. The van der Waals surface area contributed by atoms with Gasteiger partial charge in [-0.1, -0.05) is 12.1 Å². The molecular weight excluding hydrogens is 300 g/mol. The average Bonchev–Trinajstić information content (AvgIpc) is 3.02. The Morgan fingerprint density at radius 1 is 1.18 bits per heavy atom. The molecule has 1 heterocycles. The topological polar surface area (TPSA) is 67.4 Å². The summed E-state index contributed by atoms with van der Waals surface area (Å²) in [4.78, 5) is 24.3. The molecule has 2 N–H and O–H groups in total. The Balaban J connectivity index is 2.07. The van der Waals surface area contributed by atoms with Crippen LogP contribution in [0.3, 0.4) is 0 Å². The minimum Gasteiger partial charge on any atom is -0.465 e. The van der Waals surface area contributed by atoms with Crippen molar-refractivity contribution in [3.05, 3.63) is 51.7 Å². The minimum absolute atomic E-state index is 0.121. The number of amides is 1. The van der Waals surface area contributed by atoms with E-state index in [0.717, 1.165) is 11.3 Å². The van der Waals surface area contributed by atoms with Gasteiger partial charge in [0.2, 0.25) is 0 Å². The van der Waals surface area contributed by atoms with Crippen LogP contribution in [0.15, 0.2) is 35.7 Å². The molecule has 0 bridgehead atoms. The van der Waals surface area contributed by atoms with Crippen LogP contribution >= 0.6 is 11.3 Å². The molecule has 0 saturated carbocycles. The number of ether oxygens (including phenoxy) is 1. The lowest BCUT2D eigenvalue weighted by Gasteiger charge is -2.14. The number of esters is 1. The molecule has 0 aliphatic carbocycles. The highest BCUT2D eigenvalue weighted by Gasteiger charge is 2.16. The zero-order valence-corrected chi connectivity index (χ0v) is 13.5. The smallest absolute Gasteiger partial charge is 0.337 e. The Hall–Kier alpha value is -2.34. The second kappa shape index (κ2) is 7.09. The number of carbonyl (C=O) groups excluding carboxylic acids is 2. The van der Waals surface area contributed by atoms with E-state index < -0.39 is 0 Å². The first kappa shape index (κ1) is 16.0. The Morgan fingerprint density at radius 2 is 1.86 bits per heavy atom. The molecule has 22 heavy (non-hydrogen) atoms. The summed E-state index contributed by atoms with van der Waals surface area (Å²) in [6, 6.07) is 8.71. The second-order valence-corrected chi connectivity index (χ2v) is 5.64. The standard InChI is InChI=1S/C16H18N2O3S/c1-10(11-4-6-12(7-5-11)16(20)21-3)18-15(19)14-13(17-2)8-9-22-14/h4-10,17H,1-3H3,(H,18,19)/t10-/m0/s1. The van der Waals surface area contributed by atoms with Gasteiger partial charge >= 0.3 is 5.97 Å². The van der Waals surface area contributed by atoms with Crippen molar-refractivity contribution in [2.24, 2.45) is 0 Å². The highest BCUT2D eigenvalue weighted by atomic mass is 32.1. The number of methoxy groups -OCH3 is 1. The van der Waals surface area contributed by atoms with Crippen LogP contribution < -0.4 is 10.6 Å². The monoisotopic (exact) mass is 318 g/mol. The maximum absolute atomic E-state index is 12.3. The van der Waals surface area contributed by atoms with Crippen molar-refractivity contribution in [1.82, 2.24) is 5.32 Å². The largest absolute Gasteiger partial charge is 0.465 e. The van der Waals surface area contributed by atoms with Crippen LogP contribution in [0.1, 0.15) is 38.6 Å². The third kappa shape index (κ3) is 3.46. The zero-order chi connectivity index (χ0) is 16.1. The minimum atomic E-state index is -0.375. The van der Waals surface area contributed by atoms with E-state index in [1.54, 1.807) is 19.2 Å². The van der Waals surface area contributed by atoms with Crippen LogP contribution in [0.2, 0.25) is 0 Å². The van der Waals surface area contributed by atoms with Crippen LogP contribution in [0, 0.1) is 0 Å². The van der Waals surface area contributed by atoms with Crippen LogP contribution in [0.5, 0.6) is 0 Å². The van der Waals surface area contributed by atoms with Crippen molar-refractivity contribution in [2.75, 3.05) is 19.5 Å². The molecule has 2 aromatic rings. The summed E-state index contributed by atoms with van der Waals surface area (Å²) in [5.41, 5.74) is 2.22. The van der Waals surface area contributed by atoms with Gasteiger partial charge in [-0.2, -0.15) is 0 Å². The first-order chi connectivity index (χ1) is 10.6. The van der Waals surface area contributed by atoms with Gasteiger partial charge in [-0.3, -0.25) is 4.79 Å². The maximum atomic E-state index is 12.3. The van der Waals surface area contributed by atoms with Crippen molar-refractivity contribution < 1.29 is 14.3 Å². The number of hydrogen-bond acceptors (Lipinski definition) is 5. The van der Waals surface area contributed by atoms with E-state index in [1.807, 2.05) is 30.5 Å². The van der Waals surface area contributed by atoms with Gasteiger partial charge < -0.3 is 15.4 Å². The van der Waals surface area contributed by atoms with E-state index in [1.165, 1.54) is 18.4 Å². The fraction of sp³-hybridized carbons (Fsp3) is 0.250. The summed E-state index contributed by atoms with van der Waals surface area (Å²) in [6.45, 7) is 1.90. The van der Waals surface area contributed by atoms with Crippen molar-refractivity contribution in [3.63, 3.8) is 0 Å². The second-order valence-electron chi connectivity index (χ2n) is 4.72. The summed E-state index contributed by atoms with van der Waals surface area (Å²) in [7, 11) is 3.13. The molecule has 0 unspecified atom stereocenters. The molecule has 1 amide bonds. The highest BCUT2D eigenvalue weighted by Crippen LogP contribution is 2.23. The molecule has 1 atom stereocenters. The predicted octanol–water partition coefficient (Wildman–Crippen LogP) is 3.07. The summed E-state index contributed by atoms with van der Waals surface area (Å²) in [5.74, 6) is -0.496. The van der Waals surface area contributed by atoms with Gasteiger partial charge in [-0.15, -0.1) is 11.3 Å². The van der Waals surface area contributed by atoms with Crippen LogP contribution in [0.4, 0.5) is 5.69 Å².